The van der Waals surface area contributed by atoms with Gasteiger partial charge in [-0.25, -0.2) is 4.98 Å². The number of rotatable bonds is 5. The SMILES string of the molecule is Cc1ccc2[nH]c(=S)c(CCCCc3ccc4nc5c(cc4c3)CCS5)cc2c1. The van der Waals surface area contributed by atoms with Crippen LogP contribution in [0.25, 0.3) is 21.8 Å². The molecular weight excluding hydrogens is 392 g/mol. The van der Waals surface area contributed by atoms with E-state index in [0.717, 1.165) is 41.4 Å². The number of benzene rings is 2. The molecule has 2 nitrogen and oxygen atoms in total. The van der Waals surface area contributed by atoms with Gasteiger partial charge in [0.25, 0.3) is 0 Å². The van der Waals surface area contributed by atoms with Gasteiger partial charge in [0.15, 0.2) is 0 Å². The predicted molar refractivity (Wildman–Crippen MR) is 127 cm³/mol. The average Bonchev–Trinajstić information content (AvgIpc) is 3.17. The van der Waals surface area contributed by atoms with Crippen LogP contribution < -0.4 is 0 Å². The number of aromatic amines is 1. The van der Waals surface area contributed by atoms with E-state index in [-0.39, 0.29) is 0 Å². The van der Waals surface area contributed by atoms with E-state index in [1.165, 1.54) is 50.2 Å². The fourth-order valence-corrected chi connectivity index (χ4v) is 5.47. The number of hydrogen-bond acceptors (Lipinski definition) is 3. The van der Waals surface area contributed by atoms with Crippen LogP contribution in [0.1, 0.15) is 35.1 Å². The molecule has 1 N–H and O–H groups in total. The molecule has 3 heterocycles. The minimum atomic E-state index is 0.879. The van der Waals surface area contributed by atoms with E-state index < -0.39 is 0 Å². The third kappa shape index (κ3) is 3.96. The van der Waals surface area contributed by atoms with E-state index in [1.54, 1.807) is 0 Å². The van der Waals surface area contributed by atoms with Crippen LogP contribution >= 0.6 is 24.0 Å². The molecule has 0 bridgehead atoms. The Labute approximate surface area is 180 Å². The molecule has 0 fully saturated rings. The van der Waals surface area contributed by atoms with Gasteiger partial charge in [-0.15, -0.1) is 11.8 Å². The van der Waals surface area contributed by atoms with Crippen LogP contribution in [0.4, 0.5) is 0 Å². The van der Waals surface area contributed by atoms with Crippen LogP contribution in [0, 0.1) is 11.6 Å². The van der Waals surface area contributed by atoms with Gasteiger partial charge in [0.1, 0.15) is 4.64 Å². The van der Waals surface area contributed by atoms with Gasteiger partial charge < -0.3 is 4.98 Å². The second kappa shape index (κ2) is 7.92. The molecule has 146 valence electrons. The lowest BCUT2D eigenvalue weighted by molar-refractivity contribution is 0.732. The van der Waals surface area contributed by atoms with Gasteiger partial charge in [0, 0.05) is 16.7 Å². The Balaban J connectivity index is 1.25. The lowest BCUT2D eigenvalue weighted by atomic mass is 10.0. The van der Waals surface area contributed by atoms with Crippen molar-refractivity contribution in [1.29, 1.82) is 0 Å². The number of nitrogens with one attached hydrogen (secondary N) is 1. The highest BCUT2D eigenvalue weighted by molar-refractivity contribution is 7.99. The van der Waals surface area contributed by atoms with Crippen molar-refractivity contribution in [3.63, 3.8) is 0 Å². The second-order valence-electron chi connectivity index (χ2n) is 8.00. The molecule has 1 aliphatic heterocycles. The summed E-state index contributed by atoms with van der Waals surface area (Å²) in [5.41, 5.74) is 7.61. The molecule has 2 aromatic heterocycles. The molecule has 0 unspecified atom stereocenters. The van der Waals surface area contributed by atoms with Gasteiger partial charge in [-0.1, -0.05) is 29.9 Å². The van der Waals surface area contributed by atoms with E-state index >= 15 is 0 Å². The Kier molecular flexibility index (Phi) is 5.15. The number of aryl methyl sites for hydroxylation is 4. The summed E-state index contributed by atoms with van der Waals surface area (Å²) >= 11 is 7.47. The summed E-state index contributed by atoms with van der Waals surface area (Å²) in [5.74, 6) is 1.17. The van der Waals surface area contributed by atoms with Crippen molar-refractivity contribution in [3.8, 4) is 0 Å². The normalized spacial score (nSPS) is 13.3. The van der Waals surface area contributed by atoms with Crippen molar-refractivity contribution in [2.45, 2.75) is 44.1 Å². The molecule has 0 aliphatic carbocycles. The summed E-state index contributed by atoms with van der Waals surface area (Å²) < 4.78 is 0.879. The Hall–Kier alpha value is -2.17. The fraction of sp³-hybridized carbons (Fsp3) is 0.280. The summed E-state index contributed by atoms with van der Waals surface area (Å²) in [6.07, 6.45) is 5.59. The molecule has 0 spiro atoms. The molecular formula is C25H24N2S2. The quantitative estimate of drug-likeness (QED) is 0.281. The maximum absolute atomic E-state index is 5.58. The first-order valence-corrected chi connectivity index (χ1v) is 11.7. The molecule has 4 heteroatoms. The minimum absolute atomic E-state index is 0.879. The van der Waals surface area contributed by atoms with Crippen molar-refractivity contribution < 1.29 is 0 Å². The van der Waals surface area contributed by atoms with Crippen molar-refractivity contribution in [1.82, 2.24) is 9.97 Å². The second-order valence-corrected chi connectivity index (χ2v) is 9.49. The van der Waals surface area contributed by atoms with Gasteiger partial charge in [-0.2, -0.15) is 0 Å². The van der Waals surface area contributed by atoms with Crippen LogP contribution in [0.15, 0.2) is 53.6 Å². The zero-order valence-corrected chi connectivity index (χ0v) is 18.3. The summed E-state index contributed by atoms with van der Waals surface area (Å²) in [5, 5.41) is 3.77. The van der Waals surface area contributed by atoms with Crippen LogP contribution in [0.5, 0.6) is 0 Å². The molecule has 2 aromatic carbocycles. The molecule has 29 heavy (non-hydrogen) atoms. The lowest BCUT2D eigenvalue weighted by Gasteiger charge is -2.07. The highest BCUT2D eigenvalue weighted by Gasteiger charge is 2.14. The third-order valence-electron chi connectivity index (χ3n) is 5.77. The lowest BCUT2D eigenvalue weighted by Crippen LogP contribution is -1.94. The topological polar surface area (TPSA) is 28.7 Å². The molecule has 0 atom stereocenters. The number of thioether (sulfide) groups is 1. The first-order chi connectivity index (χ1) is 14.2. The van der Waals surface area contributed by atoms with Gasteiger partial charge in [0.05, 0.1) is 10.5 Å². The van der Waals surface area contributed by atoms with E-state index in [0.29, 0.717) is 0 Å². The van der Waals surface area contributed by atoms with Gasteiger partial charge >= 0.3 is 0 Å². The molecule has 1 aliphatic rings. The monoisotopic (exact) mass is 416 g/mol. The fourth-order valence-electron chi connectivity index (χ4n) is 4.17. The van der Waals surface area contributed by atoms with Gasteiger partial charge in [-0.05, 0) is 97.5 Å². The highest BCUT2D eigenvalue weighted by atomic mass is 32.2. The maximum atomic E-state index is 5.58. The first kappa shape index (κ1) is 18.8. The van der Waals surface area contributed by atoms with Crippen molar-refractivity contribution in [2.24, 2.45) is 0 Å². The average molecular weight is 417 g/mol. The Morgan fingerprint density at radius 1 is 1.00 bits per heavy atom. The molecule has 0 amide bonds. The first-order valence-electron chi connectivity index (χ1n) is 10.3. The van der Waals surface area contributed by atoms with Gasteiger partial charge in [0.2, 0.25) is 0 Å². The number of unbranched alkanes of at least 4 members (excludes halogenated alkanes) is 1. The number of fused-ring (bicyclic) bond motifs is 3. The number of hydrogen-bond donors (Lipinski definition) is 1. The van der Waals surface area contributed by atoms with Crippen LogP contribution in [0.3, 0.4) is 0 Å². The molecule has 5 rings (SSSR count). The summed E-state index contributed by atoms with van der Waals surface area (Å²) in [4.78, 5) is 8.21. The zero-order chi connectivity index (χ0) is 19.8. The number of pyridine rings is 2. The number of H-pyrrole nitrogens is 1. The van der Waals surface area contributed by atoms with E-state index in [9.17, 15) is 0 Å². The Bertz CT molecular complexity index is 1270. The number of nitrogens with zero attached hydrogens (tertiary/aromatic N) is 1. The molecule has 0 saturated carbocycles. The summed E-state index contributed by atoms with van der Waals surface area (Å²) in [7, 11) is 0. The third-order valence-corrected chi connectivity index (χ3v) is 7.17. The standard InChI is InChI=1S/C25H24N2S2/c1-16-6-8-22-20(12-16)14-18(24(28)26-22)5-3-2-4-17-7-9-23-21(13-17)15-19-10-11-29-25(19)27-23/h6-9,12-15H,2-5,10-11H2,1H3,(H,26,28). The van der Waals surface area contributed by atoms with Crippen LogP contribution in [-0.4, -0.2) is 15.7 Å². The van der Waals surface area contributed by atoms with Crippen molar-refractivity contribution in [2.75, 3.05) is 5.75 Å². The molecule has 4 aromatic rings. The minimum Gasteiger partial charge on any atom is -0.346 e. The van der Waals surface area contributed by atoms with Crippen molar-refractivity contribution >= 4 is 45.8 Å². The van der Waals surface area contributed by atoms with Crippen LogP contribution in [-0.2, 0) is 19.3 Å². The zero-order valence-electron chi connectivity index (χ0n) is 16.6. The Morgan fingerprint density at radius 3 is 2.83 bits per heavy atom. The maximum Gasteiger partial charge on any atom is 0.106 e. The Morgan fingerprint density at radius 2 is 1.90 bits per heavy atom. The highest BCUT2D eigenvalue weighted by Crippen LogP contribution is 2.32. The van der Waals surface area contributed by atoms with E-state index in [4.69, 9.17) is 17.2 Å². The smallest absolute Gasteiger partial charge is 0.106 e. The predicted octanol–water partition coefficient (Wildman–Crippen LogP) is 6.97. The van der Waals surface area contributed by atoms with Crippen molar-refractivity contribution in [3.05, 3.63) is 75.4 Å². The summed E-state index contributed by atoms with van der Waals surface area (Å²) in [6.45, 7) is 2.13. The van der Waals surface area contributed by atoms with E-state index in [1.807, 2.05) is 11.8 Å². The molecule has 0 radical (unpaired) electrons. The number of aromatic nitrogens is 2. The largest absolute Gasteiger partial charge is 0.346 e. The van der Waals surface area contributed by atoms with Gasteiger partial charge in [-0.3, -0.25) is 0 Å². The summed E-state index contributed by atoms with van der Waals surface area (Å²) in [6, 6.07) is 17.8. The van der Waals surface area contributed by atoms with E-state index in [2.05, 4.69) is 60.4 Å². The molecule has 0 saturated heterocycles. The van der Waals surface area contributed by atoms with Crippen LogP contribution in [0.2, 0.25) is 0 Å².